The van der Waals surface area contributed by atoms with Crippen molar-refractivity contribution >= 4 is 11.0 Å². The lowest BCUT2D eigenvalue weighted by molar-refractivity contribution is 0.417. The molecule has 0 aliphatic rings. The zero-order chi connectivity index (χ0) is 15.3. The molecular weight excluding hydrogens is 260 g/mol. The number of aromatic nitrogens is 2. The molecule has 1 aromatic carbocycles. The highest BCUT2D eigenvalue weighted by molar-refractivity contribution is 5.75. The number of nitrogens with zero attached hydrogens (tertiary/aromatic N) is 4. The molecule has 108 valence electrons. The number of nitriles is 2. The average molecular weight is 280 g/mol. The molecular formula is C17H20N4. The molecule has 0 fully saturated rings. The summed E-state index contributed by atoms with van der Waals surface area (Å²) in [5.74, 6) is 0.832. The number of para-hydroxylation sites is 2. The number of benzene rings is 1. The Morgan fingerprint density at radius 1 is 1.19 bits per heavy atom. The minimum absolute atomic E-state index is 0.257. The van der Waals surface area contributed by atoms with Crippen LogP contribution in [0.15, 0.2) is 24.3 Å². The van der Waals surface area contributed by atoms with Crippen LogP contribution in [0.5, 0.6) is 0 Å². The summed E-state index contributed by atoms with van der Waals surface area (Å²) in [6.07, 6.45) is 3.21. The van der Waals surface area contributed by atoms with E-state index >= 15 is 0 Å². The molecule has 2 aromatic rings. The first-order valence-electron chi connectivity index (χ1n) is 7.30. The van der Waals surface area contributed by atoms with E-state index in [4.69, 9.17) is 10.5 Å². The molecule has 0 N–H and O–H groups in total. The highest BCUT2D eigenvalue weighted by Gasteiger charge is 2.16. The van der Waals surface area contributed by atoms with Gasteiger partial charge < -0.3 is 4.57 Å². The molecule has 0 bridgehead atoms. The molecule has 0 aliphatic heterocycles. The van der Waals surface area contributed by atoms with Crippen molar-refractivity contribution in [1.29, 1.82) is 10.5 Å². The smallest absolute Gasteiger partial charge is 0.124 e. The Morgan fingerprint density at radius 2 is 1.95 bits per heavy atom. The summed E-state index contributed by atoms with van der Waals surface area (Å²) in [5.41, 5.74) is 1.77. The molecule has 1 heterocycles. The minimum atomic E-state index is -0.257. The summed E-state index contributed by atoms with van der Waals surface area (Å²) < 4.78 is 2.14. The summed E-state index contributed by atoms with van der Waals surface area (Å²) in [4.78, 5) is 4.53. The van der Waals surface area contributed by atoms with Crippen LogP contribution in [0.25, 0.3) is 11.0 Å². The van der Waals surface area contributed by atoms with Gasteiger partial charge in [-0.15, -0.1) is 0 Å². The first-order valence-corrected chi connectivity index (χ1v) is 7.30. The number of hydrogen-bond donors (Lipinski definition) is 0. The molecule has 0 saturated heterocycles. The van der Waals surface area contributed by atoms with E-state index < -0.39 is 0 Å². The first kappa shape index (κ1) is 15.1. The SMILES string of the molecule is CC(C)(C#N)CCCCn1c(CC#N)nc2ccccc21. The monoisotopic (exact) mass is 280 g/mol. The Hall–Kier alpha value is -2.33. The number of aryl methyl sites for hydroxylation is 1. The summed E-state index contributed by atoms with van der Waals surface area (Å²) in [7, 11) is 0. The normalized spacial score (nSPS) is 11.2. The van der Waals surface area contributed by atoms with Gasteiger partial charge in [-0.2, -0.15) is 10.5 Å². The van der Waals surface area contributed by atoms with E-state index in [2.05, 4.69) is 21.7 Å². The van der Waals surface area contributed by atoms with Gasteiger partial charge in [-0.1, -0.05) is 18.6 Å². The fourth-order valence-corrected chi connectivity index (χ4v) is 2.47. The van der Waals surface area contributed by atoms with Crippen LogP contribution in [-0.2, 0) is 13.0 Å². The van der Waals surface area contributed by atoms with Gasteiger partial charge in [0, 0.05) is 6.54 Å². The maximum Gasteiger partial charge on any atom is 0.124 e. The molecule has 0 amide bonds. The Balaban J connectivity index is 2.09. The molecule has 4 heteroatoms. The van der Waals surface area contributed by atoms with Gasteiger partial charge in [-0.25, -0.2) is 4.98 Å². The number of rotatable bonds is 6. The molecule has 0 saturated carbocycles. The predicted octanol–water partition coefficient (Wildman–Crippen LogP) is 3.82. The van der Waals surface area contributed by atoms with E-state index in [1.807, 2.05) is 38.1 Å². The van der Waals surface area contributed by atoms with E-state index in [9.17, 15) is 0 Å². The van der Waals surface area contributed by atoms with Gasteiger partial charge in [0.25, 0.3) is 0 Å². The van der Waals surface area contributed by atoms with Crippen LogP contribution >= 0.6 is 0 Å². The third-order valence-corrected chi connectivity index (χ3v) is 3.71. The highest BCUT2D eigenvalue weighted by atomic mass is 15.1. The third kappa shape index (κ3) is 3.61. The Morgan fingerprint density at radius 3 is 2.67 bits per heavy atom. The van der Waals surface area contributed by atoms with Crippen molar-refractivity contribution < 1.29 is 0 Å². The van der Waals surface area contributed by atoms with E-state index in [1.165, 1.54) is 0 Å². The van der Waals surface area contributed by atoms with E-state index in [1.54, 1.807) is 0 Å². The number of unbranched alkanes of at least 4 members (excludes halogenated alkanes) is 1. The molecule has 0 spiro atoms. The summed E-state index contributed by atoms with van der Waals surface area (Å²) in [6, 6.07) is 12.5. The zero-order valence-electron chi connectivity index (χ0n) is 12.6. The molecule has 0 unspecified atom stereocenters. The van der Waals surface area contributed by atoms with Crippen molar-refractivity contribution in [2.75, 3.05) is 0 Å². The van der Waals surface area contributed by atoms with Gasteiger partial charge in [0.2, 0.25) is 0 Å². The second kappa shape index (κ2) is 6.41. The lowest BCUT2D eigenvalue weighted by Gasteiger charge is -2.15. The Labute approximate surface area is 125 Å². The molecule has 0 aliphatic carbocycles. The number of fused-ring (bicyclic) bond motifs is 1. The predicted molar refractivity (Wildman–Crippen MR) is 82.3 cm³/mol. The van der Waals surface area contributed by atoms with Crippen LogP contribution in [0, 0.1) is 28.1 Å². The van der Waals surface area contributed by atoms with E-state index in [0.29, 0.717) is 6.42 Å². The van der Waals surface area contributed by atoms with E-state index in [-0.39, 0.29) is 5.41 Å². The maximum absolute atomic E-state index is 9.03. The number of hydrogen-bond acceptors (Lipinski definition) is 3. The van der Waals surface area contributed by atoms with Crippen molar-refractivity contribution in [2.24, 2.45) is 5.41 Å². The Bertz CT molecular complexity index is 698. The van der Waals surface area contributed by atoms with Crippen LogP contribution in [0.3, 0.4) is 0 Å². The van der Waals surface area contributed by atoms with Crippen LogP contribution in [0.4, 0.5) is 0 Å². The standard InChI is InChI=1S/C17H20N4/c1-17(2,13-19)10-5-6-12-21-15-8-4-3-7-14(15)20-16(21)9-11-18/h3-4,7-8H,5-6,9-10,12H2,1-2H3. The minimum Gasteiger partial charge on any atom is -0.327 e. The summed E-state index contributed by atoms with van der Waals surface area (Å²) in [6.45, 7) is 4.79. The molecule has 1 aromatic heterocycles. The quantitative estimate of drug-likeness (QED) is 0.755. The Kier molecular flexibility index (Phi) is 4.60. The van der Waals surface area contributed by atoms with Crippen molar-refractivity contribution in [1.82, 2.24) is 9.55 Å². The van der Waals surface area contributed by atoms with E-state index in [0.717, 1.165) is 42.7 Å². The lowest BCUT2D eigenvalue weighted by atomic mass is 9.89. The molecule has 0 radical (unpaired) electrons. The van der Waals surface area contributed by atoms with Crippen molar-refractivity contribution in [3.05, 3.63) is 30.1 Å². The van der Waals surface area contributed by atoms with Crippen molar-refractivity contribution in [2.45, 2.75) is 46.1 Å². The number of imidazole rings is 1. The molecule has 4 nitrogen and oxygen atoms in total. The second-order valence-corrected chi connectivity index (χ2v) is 5.96. The third-order valence-electron chi connectivity index (χ3n) is 3.71. The molecule has 0 atom stereocenters. The van der Waals surface area contributed by atoms with Gasteiger partial charge in [0.1, 0.15) is 5.82 Å². The fraction of sp³-hybridized carbons (Fsp3) is 0.471. The summed E-state index contributed by atoms with van der Waals surface area (Å²) >= 11 is 0. The van der Waals surface area contributed by atoms with Gasteiger partial charge in [0.15, 0.2) is 0 Å². The largest absolute Gasteiger partial charge is 0.327 e. The van der Waals surface area contributed by atoms with Crippen LogP contribution in [-0.4, -0.2) is 9.55 Å². The van der Waals surface area contributed by atoms with Crippen molar-refractivity contribution in [3.63, 3.8) is 0 Å². The fourth-order valence-electron chi connectivity index (χ4n) is 2.47. The molecule has 21 heavy (non-hydrogen) atoms. The van der Waals surface area contributed by atoms with Gasteiger partial charge in [0.05, 0.1) is 35.0 Å². The maximum atomic E-state index is 9.03. The van der Waals surface area contributed by atoms with Crippen molar-refractivity contribution in [3.8, 4) is 12.1 Å². The lowest BCUT2D eigenvalue weighted by Crippen LogP contribution is -2.09. The van der Waals surface area contributed by atoms with Crippen LogP contribution in [0.1, 0.15) is 38.9 Å². The second-order valence-electron chi connectivity index (χ2n) is 5.96. The average Bonchev–Trinajstić information content (AvgIpc) is 2.82. The van der Waals surface area contributed by atoms with Gasteiger partial charge in [-0.05, 0) is 38.8 Å². The van der Waals surface area contributed by atoms with Gasteiger partial charge in [-0.3, -0.25) is 0 Å². The molecule has 2 rings (SSSR count). The highest BCUT2D eigenvalue weighted by Crippen LogP contribution is 2.23. The first-order chi connectivity index (χ1) is 10.1. The van der Waals surface area contributed by atoms with Crippen LogP contribution < -0.4 is 0 Å². The summed E-state index contributed by atoms with van der Waals surface area (Å²) in [5, 5.41) is 18.0. The topological polar surface area (TPSA) is 65.4 Å². The zero-order valence-corrected chi connectivity index (χ0v) is 12.6. The van der Waals surface area contributed by atoms with Crippen LogP contribution in [0.2, 0.25) is 0 Å². The van der Waals surface area contributed by atoms with Gasteiger partial charge >= 0.3 is 0 Å².